The lowest BCUT2D eigenvalue weighted by Crippen LogP contribution is -2.52. The lowest BCUT2D eigenvalue weighted by molar-refractivity contribution is -0.137. The quantitative estimate of drug-likeness (QED) is 0.423. The molecule has 11 heteroatoms. The van der Waals surface area contributed by atoms with Gasteiger partial charge in [-0.3, -0.25) is 14.4 Å². The molecule has 0 saturated carbocycles. The topological polar surface area (TPSA) is 128 Å². The number of halogens is 2. The molecular weight excluding hydrogens is 532 g/mol. The van der Waals surface area contributed by atoms with E-state index in [2.05, 4.69) is 21.6 Å². The van der Waals surface area contributed by atoms with Gasteiger partial charge in [0, 0.05) is 11.6 Å². The van der Waals surface area contributed by atoms with Gasteiger partial charge in [0.2, 0.25) is 5.91 Å². The fourth-order valence-electron chi connectivity index (χ4n) is 5.17. The maximum atomic E-state index is 15.1. The van der Waals surface area contributed by atoms with Crippen LogP contribution in [0.1, 0.15) is 66.8 Å². The van der Waals surface area contributed by atoms with E-state index in [0.717, 1.165) is 6.07 Å². The van der Waals surface area contributed by atoms with Crippen molar-refractivity contribution in [2.75, 3.05) is 0 Å². The van der Waals surface area contributed by atoms with Crippen molar-refractivity contribution in [3.63, 3.8) is 0 Å². The largest absolute Gasteiger partial charge is 0.448 e. The Hall–Kier alpha value is -4.59. The van der Waals surface area contributed by atoms with Gasteiger partial charge < -0.3 is 15.0 Å². The summed E-state index contributed by atoms with van der Waals surface area (Å²) < 4.78 is 34.6. The van der Waals surface area contributed by atoms with E-state index in [9.17, 15) is 24.0 Å². The second-order valence-electron chi connectivity index (χ2n) is 10.8. The molecule has 3 atom stereocenters. The molecular formula is C30H31F2N5O4. The van der Waals surface area contributed by atoms with E-state index in [-0.39, 0.29) is 22.6 Å². The van der Waals surface area contributed by atoms with Crippen LogP contribution in [0.15, 0.2) is 47.3 Å². The number of nitrogens with one attached hydrogen (secondary N) is 2. The molecule has 2 amide bonds. The summed E-state index contributed by atoms with van der Waals surface area (Å²) in [5.41, 5.74) is -0.268. The number of likely N-dealkylation sites (tertiary alicyclic amines) is 1. The van der Waals surface area contributed by atoms with E-state index in [0.29, 0.717) is 24.1 Å². The molecule has 1 aromatic heterocycles. The fraction of sp³-hybridized carbons (Fsp3) is 0.367. The summed E-state index contributed by atoms with van der Waals surface area (Å²) in [7, 11) is 0. The molecule has 2 aromatic carbocycles. The zero-order chi connectivity index (χ0) is 30.1. The van der Waals surface area contributed by atoms with Gasteiger partial charge in [-0.2, -0.15) is 10.4 Å². The summed E-state index contributed by atoms with van der Waals surface area (Å²) in [5.74, 6) is -2.82. The normalized spacial score (nSPS) is 17.6. The van der Waals surface area contributed by atoms with Gasteiger partial charge in [-0.1, -0.05) is 12.1 Å². The van der Waals surface area contributed by atoms with Crippen molar-refractivity contribution >= 4 is 11.8 Å². The molecule has 1 aliphatic heterocycles. The van der Waals surface area contributed by atoms with Gasteiger partial charge in [0.15, 0.2) is 17.3 Å². The first-order valence-electron chi connectivity index (χ1n) is 13.2. The third-order valence-corrected chi connectivity index (χ3v) is 7.31. The van der Waals surface area contributed by atoms with Gasteiger partial charge in [-0.25, -0.2) is 13.9 Å². The molecule has 214 valence electrons. The van der Waals surface area contributed by atoms with Gasteiger partial charge in [-0.05, 0) is 82.9 Å². The predicted octanol–water partition coefficient (Wildman–Crippen LogP) is 4.86. The minimum atomic E-state index is -1.04. The monoisotopic (exact) mass is 563 g/mol. The van der Waals surface area contributed by atoms with E-state index in [1.54, 1.807) is 37.8 Å². The Kier molecular flexibility index (Phi) is 8.24. The molecule has 4 rings (SSSR count). The average molecular weight is 564 g/mol. The number of rotatable bonds is 7. The van der Waals surface area contributed by atoms with Crippen LogP contribution in [0.5, 0.6) is 11.5 Å². The van der Waals surface area contributed by atoms with Gasteiger partial charge in [0.05, 0.1) is 29.3 Å². The van der Waals surface area contributed by atoms with Crippen molar-refractivity contribution < 1.29 is 23.1 Å². The molecule has 3 aromatic rings. The lowest BCUT2D eigenvalue weighted by atomic mass is 9.84. The Balaban J connectivity index is 1.56. The van der Waals surface area contributed by atoms with Crippen molar-refractivity contribution in [1.82, 2.24) is 20.4 Å². The third kappa shape index (κ3) is 6.11. The molecule has 9 nitrogen and oxygen atoms in total. The molecule has 1 aliphatic rings. The van der Waals surface area contributed by atoms with E-state index in [1.807, 2.05) is 0 Å². The number of aryl methyl sites for hydroxylation is 2. The number of benzene rings is 2. The number of H-pyrrole nitrogens is 1. The number of carbonyl (C=O) groups excluding carboxylic acids is 2. The zero-order valence-electron chi connectivity index (χ0n) is 23.4. The van der Waals surface area contributed by atoms with Crippen LogP contribution in [0.4, 0.5) is 8.78 Å². The Labute approximate surface area is 236 Å². The number of nitrogens with zero attached hydrogens (tertiary/aromatic N) is 3. The van der Waals surface area contributed by atoms with Crippen LogP contribution >= 0.6 is 0 Å². The van der Waals surface area contributed by atoms with E-state index in [1.165, 1.54) is 38.1 Å². The van der Waals surface area contributed by atoms with Gasteiger partial charge >= 0.3 is 5.56 Å². The molecule has 0 radical (unpaired) electrons. The summed E-state index contributed by atoms with van der Waals surface area (Å²) in [6, 6.07) is 9.98. The van der Waals surface area contributed by atoms with Gasteiger partial charge in [0.1, 0.15) is 11.9 Å². The van der Waals surface area contributed by atoms with Crippen LogP contribution < -0.4 is 15.6 Å². The van der Waals surface area contributed by atoms with Crippen LogP contribution in [0.25, 0.3) is 0 Å². The molecule has 1 unspecified atom stereocenters. The molecule has 0 spiro atoms. The Morgan fingerprint density at radius 1 is 1.20 bits per heavy atom. The smallest absolute Gasteiger partial charge is 0.307 e. The number of carbonyl (C=O) groups is 2. The van der Waals surface area contributed by atoms with Gasteiger partial charge in [0.25, 0.3) is 5.91 Å². The first kappa shape index (κ1) is 29.4. The SMILES string of the molecule is Cc1cc(Oc2c(C)cc(C(=O)N[C@H](C)C(=O)N3C(C(C)(C)C#N)CC[C@H]3c3cccc(F)c3)cc2F)c(=O)[nH]n1. The van der Waals surface area contributed by atoms with E-state index < -0.39 is 52.5 Å². The van der Waals surface area contributed by atoms with Crippen molar-refractivity contribution in [1.29, 1.82) is 5.26 Å². The van der Waals surface area contributed by atoms with Crippen molar-refractivity contribution in [3.8, 4) is 17.6 Å². The minimum absolute atomic E-state index is 0.0520. The lowest BCUT2D eigenvalue weighted by Gasteiger charge is -2.38. The number of aromatic amines is 1. The Morgan fingerprint density at radius 3 is 2.59 bits per heavy atom. The molecule has 41 heavy (non-hydrogen) atoms. The van der Waals surface area contributed by atoms with Crippen LogP contribution in [0, 0.1) is 42.2 Å². The summed E-state index contributed by atoms with van der Waals surface area (Å²) in [6.45, 7) is 8.15. The minimum Gasteiger partial charge on any atom is -0.448 e. The molecule has 2 heterocycles. The molecule has 2 N–H and O–H groups in total. The first-order valence-corrected chi connectivity index (χ1v) is 13.2. The van der Waals surface area contributed by atoms with Crippen molar-refractivity contribution in [2.24, 2.45) is 5.41 Å². The zero-order valence-corrected chi connectivity index (χ0v) is 23.4. The van der Waals surface area contributed by atoms with E-state index >= 15 is 4.39 Å². The standard InChI is InChI=1S/C30H31F2N5O4/c1-16-11-20(14-22(32)26(16)41-24-12-17(2)35-36-28(24)39)27(38)34-18(3)29(40)37-23(19-7-6-8-21(31)13-19)9-10-25(37)30(4,5)15-33/h6-8,11-14,18,23,25H,9-10H2,1-5H3,(H,34,38)(H,36,39)/t18-,23+,25?/m1/s1. The molecule has 0 bridgehead atoms. The summed E-state index contributed by atoms with van der Waals surface area (Å²) in [4.78, 5) is 40.5. The number of amides is 2. The van der Waals surface area contributed by atoms with Crippen LogP contribution in [-0.2, 0) is 4.79 Å². The number of hydrogen-bond acceptors (Lipinski definition) is 6. The average Bonchev–Trinajstić information content (AvgIpc) is 3.38. The molecule has 1 saturated heterocycles. The first-order chi connectivity index (χ1) is 19.3. The highest BCUT2D eigenvalue weighted by Gasteiger charge is 2.46. The molecule has 0 aliphatic carbocycles. The summed E-state index contributed by atoms with van der Waals surface area (Å²) in [5, 5.41) is 18.4. The maximum absolute atomic E-state index is 15.1. The maximum Gasteiger partial charge on any atom is 0.307 e. The second-order valence-corrected chi connectivity index (χ2v) is 10.8. The number of nitriles is 1. The highest BCUT2D eigenvalue weighted by atomic mass is 19.1. The fourth-order valence-corrected chi connectivity index (χ4v) is 5.17. The second kappa shape index (κ2) is 11.5. The van der Waals surface area contributed by atoms with E-state index in [4.69, 9.17) is 4.74 Å². The predicted molar refractivity (Wildman–Crippen MR) is 146 cm³/mol. The summed E-state index contributed by atoms with van der Waals surface area (Å²) in [6.07, 6.45) is 1.05. The number of ether oxygens (including phenoxy) is 1. The summed E-state index contributed by atoms with van der Waals surface area (Å²) >= 11 is 0. The van der Waals surface area contributed by atoms with Crippen molar-refractivity contribution in [2.45, 2.75) is 65.6 Å². The number of hydrogen-bond donors (Lipinski definition) is 2. The highest BCUT2D eigenvalue weighted by molar-refractivity contribution is 5.98. The Morgan fingerprint density at radius 2 is 1.93 bits per heavy atom. The van der Waals surface area contributed by atoms with Crippen LogP contribution in [-0.4, -0.2) is 39.0 Å². The number of aromatic nitrogens is 2. The Bertz CT molecular complexity index is 1570. The van der Waals surface area contributed by atoms with Crippen LogP contribution in [0.2, 0.25) is 0 Å². The highest BCUT2D eigenvalue weighted by Crippen LogP contribution is 2.43. The van der Waals surface area contributed by atoms with Crippen LogP contribution in [0.3, 0.4) is 0 Å². The van der Waals surface area contributed by atoms with Crippen molar-refractivity contribution in [3.05, 3.63) is 86.8 Å². The molecule has 1 fully saturated rings. The third-order valence-electron chi connectivity index (χ3n) is 7.31. The van der Waals surface area contributed by atoms with Gasteiger partial charge in [-0.15, -0.1) is 0 Å².